The van der Waals surface area contributed by atoms with Crippen LogP contribution in [0.25, 0.3) is 0 Å². The number of halogens is 2. The molecule has 0 heterocycles. The SMILES string of the molecule is COc1cc(CNCCCOC(C)C)ccc1OCc1c(F)cccc1Cl. The zero-order valence-electron chi connectivity index (χ0n) is 16.1. The molecule has 148 valence electrons. The quantitative estimate of drug-likeness (QED) is 0.545. The highest BCUT2D eigenvalue weighted by Gasteiger charge is 2.11. The Morgan fingerprint density at radius 3 is 2.67 bits per heavy atom. The Bertz CT molecular complexity index is 704. The van der Waals surface area contributed by atoms with Gasteiger partial charge in [0, 0.05) is 18.7 Å². The fraction of sp³-hybridized carbons (Fsp3) is 0.429. The Balaban J connectivity index is 1.88. The van der Waals surface area contributed by atoms with E-state index < -0.39 is 0 Å². The second-order valence-electron chi connectivity index (χ2n) is 6.42. The number of benzene rings is 2. The van der Waals surface area contributed by atoms with E-state index in [1.165, 1.54) is 6.07 Å². The maximum Gasteiger partial charge on any atom is 0.161 e. The third kappa shape index (κ3) is 7.01. The third-order valence-corrected chi connectivity index (χ3v) is 4.29. The summed E-state index contributed by atoms with van der Waals surface area (Å²) >= 11 is 6.04. The largest absolute Gasteiger partial charge is 0.493 e. The van der Waals surface area contributed by atoms with E-state index in [-0.39, 0.29) is 18.5 Å². The van der Waals surface area contributed by atoms with Crippen molar-refractivity contribution in [3.63, 3.8) is 0 Å². The number of methoxy groups -OCH3 is 1. The number of hydrogen-bond donors (Lipinski definition) is 1. The van der Waals surface area contributed by atoms with Gasteiger partial charge in [-0.2, -0.15) is 0 Å². The van der Waals surface area contributed by atoms with Crippen LogP contribution in [0.5, 0.6) is 11.5 Å². The van der Waals surface area contributed by atoms with Gasteiger partial charge in [0.15, 0.2) is 11.5 Å². The fourth-order valence-corrected chi connectivity index (χ4v) is 2.73. The van der Waals surface area contributed by atoms with Crippen molar-refractivity contribution in [1.82, 2.24) is 5.32 Å². The summed E-state index contributed by atoms with van der Waals surface area (Å²) in [6, 6.07) is 10.3. The molecule has 1 N–H and O–H groups in total. The second kappa shape index (κ2) is 11.1. The summed E-state index contributed by atoms with van der Waals surface area (Å²) in [5, 5.41) is 3.72. The molecular formula is C21H27ClFNO3. The predicted octanol–water partition coefficient (Wildman–Crippen LogP) is 4.97. The van der Waals surface area contributed by atoms with Crippen molar-refractivity contribution in [2.24, 2.45) is 0 Å². The fourth-order valence-electron chi connectivity index (χ4n) is 2.51. The topological polar surface area (TPSA) is 39.7 Å². The lowest BCUT2D eigenvalue weighted by atomic mass is 10.2. The van der Waals surface area contributed by atoms with Gasteiger partial charge in [0.25, 0.3) is 0 Å². The molecule has 2 aromatic rings. The van der Waals surface area contributed by atoms with Crippen LogP contribution in [0.4, 0.5) is 4.39 Å². The van der Waals surface area contributed by atoms with Gasteiger partial charge >= 0.3 is 0 Å². The Hall–Kier alpha value is -1.82. The minimum atomic E-state index is -0.385. The van der Waals surface area contributed by atoms with Gasteiger partial charge in [0.1, 0.15) is 12.4 Å². The van der Waals surface area contributed by atoms with Gasteiger partial charge in [-0.1, -0.05) is 23.7 Å². The van der Waals surface area contributed by atoms with Crippen LogP contribution in [-0.2, 0) is 17.9 Å². The molecule has 0 saturated carbocycles. The second-order valence-corrected chi connectivity index (χ2v) is 6.83. The molecule has 0 radical (unpaired) electrons. The molecular weight excluding hydrogens is 369 g/mol. The molecule has 0 fully saturated rings. The van der Waals surface area contributed by atoms with E-state index in [2.05, 4.69) is 5.32 Å². The predicted molar refractivity (Wildman–Crippen MR) is 106 cm³/mol. The van der Waals surface area contributed by atoms with Gasteiger partial charge < -0.3 is 19.5 Å². The highest BCUT2D eigenvalue weighted by Crippen LogP contribution is 2.30. The normalized spacial score (nSPS) is 11.0. The first-order valence-electron chi connectivity index (χ1n) is 9.06. The van der Waals surface area contributed by atoms with E-state index in [9.17, 15) is 4.39 Å². The van der Waals surface area contributed by atoms with Crippen LogP contribution < -0.4 is 14.8 Å². The van der Waals surface area contributed by atoms with Crippen LogP contribution in [0, 0.1) is 5.82 Å². The summed E-state index contributed by atoms with van der Waals surface area (Å²) in [4.78, 5) is 0. The average Bonchev–Trinajstić information content (AvgIpc) is 2.64. The smallest absolute Gasteiger partial charge is 0.161 e. The van der Waals surface area contributed by atoms with Gasteiger partial charge in [0.2, 0.25) is 0 Å². The summed E-state index contributed by atoms with van der Waals surface area (Å²) in [5.41, 5.74) is 1.41. The molecule has 27 heavy (non-hydrogen) atoms. The first kappa shape index (κ1) is 21.5. The summed E-state index contributed by atoms with van der Waals surface area (Å²) < 4.78 is 30.5. The molecule has 0 saturated heterocycles. The molecule has 0 aliphatic heterocycles. The van der Waals surface area contributed by atoms with Crippen LogP contribution >= 0.6 is 11.6 Å². The van der Waals surface area contributed by atoms with Gasteiger partial charge in [0.05, 0.1) is 18.2 Å². The molecule has 0 atom stereocenters. The summed E-state index contributed by atoms with van der Waals surface area (Å²) in [7, 11) is 1.58. The van der Waals surface area contributed by atoms with Crippen molar-refractivity contribution in [2.45, 2.75) is 39.5 Å². The molecule has 0 bridgehead atoms. The molecule has 2 aromatic carbocycles. The lowest BCUT2D eigenvalue weighted by Crippen LogP contribution is -2.17. The Labute approximate surface area is 165 Å². The molecule has 0 unspecified atom stereocenters. The molecule has 0 aliphatic carbocycles. The van der Waals surface area contributed by atoms with Crippen LogP contribution in [0.15, 0.2) is 36.4 Å². The van der Waals surface area contributed by atoms with Crippen molar-refractivity contribution in [3.8, 4) is 11.5 Å². The standard InChI is InChI=1S/C21H27ClFNO3/c1-15(2)26-11-5-10-24-13-16-8-9-20(21(12-16)25-3)27-14-17-18(22)6-4-7-19(17)23/h4,6-9,12,15,24H,5,10-11,13-14H2,1-3H3. The van der Waals surface area contributed by atoms with Gasteiger partial charge in [-0.3, -0.25) is 0 Å². The molecule has 0 spiro atoms. The van der Waals surface area contributed by atoms with E-state index in [0.29, 0.717) is 22.1 Å². The molecule has 2 rings (SSSR count). The van der Waals surface area contributed by atoms with Crippen LogP contribution in [0.2, 0.25) is 5.02 Å². The Morgan fingerprint density at radius 2 is 1.96 bits per heavy atom. The zero-order valence-corrected chi connectivity index (χ0v) is 16.8. The van der Waals surface area contributed by atoms with Crippen molar-refractivity contribution in [1.29, 1.82) is 0 Å². The average molecular weight is 396 g/mol. The highest BCUT2D eigenvalue weighted by molar-refractivity contribution is 6.31. The van der Waals surface area contributed by atoms with E-state index in [0.717, 1.165) is 31.7 Å². The molecule has 0 aromatic heterocycles. The minimum Gasteiger partial charge on any atom is -0.493 e. The first-order chi connectivity index (χ1) is 13.0. The highest BCUT2D eigenvalue weighted by atomic mass is 35.5. The molecule has 0 aliphatic rings. The van der Waals surface area contributed by atoms with Crippen LogP contribution in [0.1, 0.15) is 31.4 Å². The van der Waals surface area contributed by atoms with Gasteiger partial charge in [-0.15, -0.1) is 0 Å². The number of hydrogen-bond acceptors (Lipinski definition) is 4. The summed E-state index contributed by atoms with van der Waals surface area (Å²) in [6.45, 7) is 6.44. The Morgan fingerprint density at radius 1 is 1.15 bits per heavy atom. The van der Waals surface area contributed by atoms with Gasteiger partial charge in [-0.25, -0.2) is 4.39 Å². The number of rotatable bonds is 11. The van der Waals surface area contributed by atoms with Crippen molar-refractivity contribution in [3.05, 3.63) is 58.4 Å². The molecule has 4 nitrogen and oxygen atoms in total. The minimum absolute atomic E-state index is 0.0370. The monoisotopic (exact) mass is 395 g/mol. The number of ether oxygens (including phenoxy) is 3. The third-order valence-electron chi connectivity index (χ3n) is 3.94. The number of nitrogens with one attached hydrogen (secondary N) is 1. The van der Waals surface area contributed by atoms with Crippen molar-refractivity contribution >= 4 is 11.6 Å². The Kier molecular flexibility index (Phi) is 8.85. The van der Waals surface area contributed by atoms with Crippen LogP contribution in [-0.4, -0.2) is 26.4 Å². The van der Waals surface area contributed by atoms with Crippen LogP contribution in [0.3, 0.4) is 0 Å². The maximum absolute atomic E-state index is 13.9. The van der Waals surface area contributed by atoms with E-state index in [1.54, 1.807) is 19.2 Å². The molecule has 6 heteroatoms. The van der Waals surface area contributed by atoms with Gasteiger partial charge in [-0.05, 0) is 56.6 Å². The van der Waals surface area contributed by atoms with Crippen molar-refractivity contribution in [2.75, 3.05) is 20.3 Å². The first-order valence-corrected chi connectivity index (χ1v) is 9.44. The summed E-state index contributed by atoms with van der Waals surface area (Å²) in [5.74, 6) is 0.763. The maximum atomic E-state index is 13.9. The van der Waals surface area contributed by atoms with E-state index in [1.807, 2.05) is 32.0 Å². The lowest BCUT2D eigenvalue weighted by Gasteiger charge is -2.14. The zero-order chi connectivity index (χ0) is 19.6. The lowest BCUT2D eigenvalue weighted by molar-refractivity contribution is 0.0770. The van der Waals surface area contributed by atoms with E-state index in [4.69, 9.17) is 25.8 Å². The van der Waals surface area contributed by atoms with E-state index >= 15 is 0 Å². The van der Waals surface area contributed by atoms with Crippen molar-refractivity contribution < 1.29 is 18.6 Å². The summed E-state index contributed by atoms with van der Waals surface area (Å²) in [6.07, 6.45) is 1.22. The molecule has 0 amide bonds.